The highest BCUT2D eigenvalue weighted by Gasteiger charge is 2.35. The third-order valence-electron chi connectivity index (χ3n) is 4.54. The van der Waals surface area contributed by atoms with Crippen LogP contribution < -0.4 is 5.32 Å². The Morgan fingerprint density at radius 2 is 2.33 bits per heavy atom. The number of carbonyl (C=O) groups excluding carboxylic acids is 1. The highest BCUT2D eigenvalue weighted by Crippen LogP contribution is 2.44. The smallest absolute Gasteiger partial charge is 0.232 e. The topological polar surface area (TPSA) is 58.6 Å². The van der Waals surface area contributed by atoms with E-state index in [1.54, 1.807) is 0 Å². The Bertz CT molecular complexity index is 581. The summed E-state index contributed by atoms with van der Waals surface area (Å²) in [5.41, 5.74) is 3.25. The Labute approximate surface area is 129 Å². The van der Waals surface area contributed by atoms with Gasteiger partial charge in [-0.3, -0.25) is 4.79 Å². The van der Waals surface area contributed by atoms with E-state index < -0.39 is 6.10 Å². The lowest BCUT2D eigenvalue weighted by atomic mass is 9.91. The van der Waals surface area contributed by atoms with Crippen molar-refractivity contribution in [2.45, 2.75) is 51.2 Å². The summed E-state index contributed by atoms with van der Waals surface area (Å²) >= 11 is 6.42. The summed E-state index contributed by atoms with van der Waals surface area (Å²) in [7, 11) is 0. The fraction of sp³-hybridized carbons (Fsp3) is 0.562. The summed E-state index contributed by atoms with van der Waals surface area (Å²) in [5.74, 6) is -0.151. The third-order valence-corrected chi connectivity index (χ3v) is 5.04. The second-order valence-electron chi connectivity index (χ2n) is 5.82. The van der Waals surface area contributed by atoms with E-state index in [1.165, 1.54) is 0 Å². The van der Waals surface area contributed by atoms with E-state index in [1.807, 2.05) is 19.9 Å². The molecule has 0 aliphatic carbocycles. The second-order valence-corrected chi connectivity index (χ2v) is 6.19. The molecule has 114 valence electrons. The van der Waals surface area contributed by atoms with Gasteiger partial charge in [0.2, 0.25) is 5.91 Å². The van der Waals surface area contributed by atoms with Crippen molar-refractivity contribution < 1.29 is 14.6 Å². The van der Waals surface area contributed by atoms with Crippen molar-refractivity contribution in [2.24, 2.45) is 0 Å². The molecule has 2 aliphatic rings. The van der Waals surface area contributed by atoms with Crippen LogP contribution in [-0.2, 0) is 9.53 Å². The lowest BCUT2D eigenvalue weighted by molar-refractivity contribution is -0.117. The van der Waals surface area contributed by atoms with Gasteiger partial charge >= 0.3 is 0 Å². The molecule has 1 fully saturated rings. The quantitative estimate of drug-likeness (QED) is 0.900. The van der Waals surface area contributed by atoms with Gasteiger partial charge in [0.25, 0.3) is 0 Å². The monoisotopic (exact) mass is 309 g/mol. The fourth-order valence-corrected chi connectivity index (χ4v) is 3.57. The lowest BCUT2D eigenvalue weighted by Gasteiger charge is -2.21. The number of hydrogen-bond acceptors (Lipinski definition) is 3. The number of hydrogen-bond donors (Lipinski definition) is 2. The van der Waals surface area contributed by atoms with E-state index in [0.717, 1.165) is 36.1 Å². The van der Waals surface area contributed by atoms with E-state index in [4.69, 9.17) is 16.3 Å². The van der Waals surface area contributed by atoms with Gasteiger partial charge in [-0.25, -0.2) is 0 Å². The number of rotatable bonds is 3. The minimum absolute atomic E-state index is 0.00965. The SMILES string of the molecule is CCC1C(=O)Nc2c1cc(C(O)C1CCCO1)c(Cl)c2C. The minimum atomic E-state index is -0.739. The Morgan fingerprint density at radius 3 is 2.95 bits per heavy atom. The van der Waals surface area contributed by atoms with Crippen LogP contribution in [0.25, 0.3) is 0 Å². The van der Waals surface area contributed by atoms with Gasteiger partial charge in [-0.2, -0.15) is 0 Å². The molecule has 1 amide bonds. The Morgan fingerprint density at radius 1 is 1.57 bits per heavy atom. The Balaban J connectivity index is 2.05. The maximum atomic E-state index is 12.0. The van der Waals surface area contributed by atoms with Crippen LogP contribution in [0.15, 0.2) is 6.07 Å². The Kier molecular flexibility index (Phi) is 3.95. The average molecular weight is 310 g/mol. The average Bonchev–Trinajstić information content (AvgIpc) is 3.09. The van der Waals surface area contributed by atoms with Crippen LogP contribution in [0.5, 0.6) is 0 Å². The number of aliphatic hydroxyl groups excluding tert-OH is 1. The van der Waals surface area contributed by atoms with Gasteiger partial charge in [-0.05, 0) is 43.4 Å². The molecule has 21 heavy (non-hydrogen) atoms. The number of halogens is 1. The van der Waals surface area contributed by atoms with E-state index >= 15 is 0 Å². The highest BCUT2D eigenvalue weighted by atomic mass is 35.5. The van der Waals surface area contributed by atoms with E-state index in [-0.39, 0.29) is 17.9 Å². The molecule has 0 aromatic heterocycles. The normalized spacial score (nSPS) is 25.8. The largest absolute Gasteiger partial charge is 0.386 e. The molecule has 2 aliphatic heterocycles. The summed E-state index contributed by atoms with van der Waals surface area (Å²) in [4.78, 5) is 12.0. The zero-order valence-electron chi connectivity index (χ0n) is 12.3. The van der Waals surface area contributed by atoms with E-state index in [0.29, 0.717) is 17.2 Å². The third kappa shape index (κ3) is 2.35. The molecular weight excluding hydrogens is 290 g/mol. The van der Waals surface area contributed by atoms with Gasteiger partial charge in [0.05, 0.1) is 17.0 Å². The number of carbonyl (C=O) groups is 1. The summed E-state index contributed by atoms with van der Waals surface area (Å²) in [6, 6.07) is 1.88. The van der Waals surface area contributed by atoms with E-state index in [9.17, 15) is 9.90 Å². The fourth-order valence-electron chi connectivity index (χ4n) is 3.31. The van der Waals surface area contributed by atoms with Crippen LogP contribution in [0.1, 0.15) is 54.9 Å². The van der Waals surface area contributed by atoms with Crippen molar-refractivity contribution in [3.63, 3.8) is 0 Å². The molecular formula is C16H20ClNO3. The van der Waals surface area contributed by atoms with Gasteiger partial charge in [-0.15, -0.1) is 0 Å². The number of amides is 1. The number of aliphatic hydroxyl groups is 1. The second kappa shape index (κ2) is 5.59. The standard InChI is InChI=1S/C16H20ClNO3/c1-3-9-10-7-11(15(19)12-5-4-6-21-12)13(17)8(2)14(10)18-16(9)20/h7,9,12,15,19H,3-6H2,1-2H3,(H,18,20). The predicted molar refractivity (Wildman–Crippen MR) is 81.8 cm³/mol. The molecule has 0 bridgehead atoms. The first-order chi connectivity index (χ1) is 10.0. The van der Waals surface area contributed by atoms with Crippen LogP contribution in [-0.4, -0.2) is 23.7 Å². The van der Waals surface area contributed by atoms with Crippen molar-refractivity contribution in [3.8, 4) is 0 Å². The highest BCUT2D eigenvalue weighted by molar-refractivity contribution is 6.33. The molecule has 2 heterocycles. The maximum absolute atomic E-state index is 12.0. The summed E-state index contributed by atoms with van der Waals surface area (Å²) in [5, 5.41) is 14.0. The van der Waals surface area contributed by atoms with Gasteiger partial charge in [0.1, 0.15) is 6.10 Å². The molecule has 5 heteroatoms. The first-order valence-corrected chi connectivity index (χ1v) is 7.85. The van der Waals surface area contributed by atoms with Crippen molar-refractivity contribution >= 4 is 23.2 Å². The van der Waals surface area contributed by atoms with Crippen LogP contribution >= 0.6 is 11.6 Å². The molecule has 4 nitrogen and oxygen atoms in total. The first-order valence-electron chi connectivity index (χ1n) is 7.48. The molecule has 0 radical (unpaired) electrons. The predicted octanol–water partition coefficient (Wildman–Crippen LogP) is 3.31. The van der Waals surface area contributed by atoms with Crippen LogP contribution in [0, 0.1) is 6.92 Å². The summed E-state index contributed by atoms with van der Waals surface area (Å²) in [6.45, 7) is 4.55. The van der Waals surface area contributed by atoms with Crippen LogP contribution in [0.3, 0.4) is 0 Å². The summed E-state index contributed by atoms with van der Waals surface area (Å²) in [6.07, 6.45) is 1.58. The molecule has 3 atom stereocenters. The van der Waals surface area contributed by atoms with E-state index in [2.05, 4.69) is 5.32 Å². The number of anilines is 1. The number of fused-ring (bicyclic) bond motifs is 1. The van der Waals surface area contributed by atoms with Crippen molar-refractivity contribution in [3.05, 3.63) is 27.8 Å². The lowest BCUT2D eigenvalue weighted by Crippen LogP contribution is -2.18. The molecule has 1 aromatic carbocycles. The van der Waals surface area contributed by atoms with Gasteiger partial charge in [0.15, 0.2) is 0 Å². The maximum Gasteiger partial charge on any atom is 0.232 e. The van der Waals surface area contributed by atoms with Crippen LogP contribution in [0.2, 0.25) is 5.02 Å². The number of ether oxygens (including phenoxy) is 1. The van der Waals surface area contributed by atoms with Crippen molar-refractivity contribution in [1.82, 2.24) is 0 Å². The minimum Gasteiger partial charge on any atom is -0.386 e. The molecule has 3 rings (SSSR count). The zero-order valence-corrected chi connectivity index (χ0v) is 13.0. The molecule has 0 saturated carbocycles. The zero-order chi connectivity index (χ0) is 15.1. The Hall–Kier alpha value is -1.10. The van der Waals surface area contributed by atoms with Gasteiger partial charge in [-0.1, -0.05) is 18.5 Å². The van der Waals surface area contributed by atoms with Crippen LogP contribution in [0.4, 0.5) is 5.69 Å². The molecule has 1 aromatic rings. The molecule has 3 unspecified atom stereocenters. The molecule has 1 saturated heterocycles. The van der Waals surface area contributed by atoms with Crippen molar-refractivity contribution in [1.29, 1.82) is 0 Å². The summed E-state index contributed by atoms with van der Waals surface area (Å²) < 4.78 is 5.57. The number of nitrogens with one attached hydrogen (secondary N) is 1. The molecule has 2 N–H and O–H groups in total. The molecule has 0 spiro atoms. The van der Waals surface area contributed by atoms with Gasteiger partial charge in [0, 0.05) is 17.9 Å². The van der Waals surface area contributed by atoms with Crippen molar-refractivity contribution in [2.75, 3.05) is 11.9 Å². The van der Waals surface area contributed by atoms with Gasteiger partial charge < -0.3 is 15.2 Å². The number of benzene rings is 1. The first kappa shape index (κ1) is 14.8.